The van der Waals surface area contributed by atoms with Gasteiger partial charge in [0.2, 0.25) is 0 Å². The number of anilines is 1. The minimum Gasteiger partial charge on any atom is -0.344 e. The topological polar surface area (TPSA) is 3.24 Å². The summed E-state index contributed by atoms with van der Waals surface area (Å²) in [5.74, 6) is 1.59. The summed E-state index contributed by atoms with van der Waals surface area (Å²) in [4.78, 5) is 2.33. The molecule has 1 heteroatoms. The average molecular weight is 221 g/mol. The second-order valence-corrected chi connectivity index (χ2v) is 5.16. The highest BCUT2D eigenvalue weighted by molar-refractivity contribution is 5.75. The first-order chi connectivity index (χ1) is 8.34. The van der Waals surface area contributed by atoms with E-state index < -0.39 is 0 Å². The fourth-order valence-electron chi connectivity index (χ4n) is 3.04. The first-order valence-electron chi connectivity index (χ1n) is 6.28. The van der Waals surface area contributed by atoms with Gasteiger partial charge in [0.15, 0.2) is 0 Å². The standard InChI is InChI=1S/C16H15N/c1-17-15-5-3-2-4-11(15)6-8-13-14-10-12(14)7-9-16(13)17/h2-9,12,14H,10H2,1H3. The molecule has 1 aromatic carbocycles. The number of hydrogen-bond donors (Lipinski definition) is 0. The van der Waals surface area contributed by atoms with Crippen LogP contribution in [0.25, 0.3) is 6.08 Å². The third kappa shape index (κ3) is 1.25. The number of nitrogens with zero attached hydrogens (tertiary/aromatic N) is 1. The molecule has 17 heavy (non-hydrogen) atoms. The monoisotopic (exact) mass is 221 g/mol. The van der Waals surface area contributed by atoms with Crippen molar-refractivity contribution in [3.05, 3.63) is 59.3 Å². The van der Waals surface area contributed by atoms with E-state index in [-0.39, 0.29) is 0 Å². The Kier molecular flexibility index (Phi) is 1.71. The van der Waals surface area contributed by atoms with Crippen LogP contribution in [0.2, 0.25) is 0 Å². The van der Waals surface area contributed by atoms with Crippen molar-refractivity contribution < 1.29 is 0 Å². The van der Waals surface area contributed by atoms with Crippen LogP contribution in [0.3, 0.4) is 0 Å². The van der Waals surface area contributed by atoms with Crippen LogP contribution in [0.5, 0.6) is 0 Å². The zero-order valence-electron chi connectivity index (χ0n) is 9.93. The van der Waals surface area contributed by atoms with Gasteiger partial charge in [0.05, 0.1) is 0 Å². The molecule has 1 heterocycles. The Bertz CT molecular complexity index is 577. The Morgan fingerprint density at radius 1 is 1.12 bits per heavy atom. The Morgan fingerprint density at radius 3 is 2.94 bits per heavy atom. The predicted octanol–water partition coefficient (Wildman–Crippen LogP) is 3.61. The van der Waals surface area contributed by atoms with Crippen LogP contribution < -0.4 is 4.90 Å². The molecular formula is C16H15N. The van der Waals surface area contributed by atoms with Gasteiger partial charge in [-0.2, -0.15) is 0 Å². The summed E-state index contributed by atoms with van der Waals surface area (Å²) in [5.41, 5.74) is 5.52. The molecule has 0 N–H and O–H groups in total. The summed E-state index contributed by atoms with van der Waals surface area (Å²) < 4.78 is 0. The largest absolute Gasteiger partial charge is 0.344 e. The second-order valence-electron chi connectivity index (χ2n) is 5.16. The van der Waals surface area contributed by atoms with Crippen LogP contribution >= 0.6 is 0 Å². The van der Waals surface area contributed by atoms with Crippen molar-refractivity contribution >= 4 is 11.8 Å². The van der Waals surface area contributed by atoms with E-state index in [0.29, 0.717) is 0 Å². The number of likely N-dealkylation sites (N-methyl/N-ethyl adjacent to an activating group) is 1. The first-order valence-corrected chi connectivity index (χ1v) is 6.28. The molecule has 2 unspecified atom stereocenters. The smallest absolute Gasteiger partial charge is 0.0481 e. The number of fused-ring (bicyclic) bond motifs is 3. The van der Waals surface area contributed by atoms with Gasteiger partial charge >= 0.3 is 0 Å². The lowest BCUT2D eigenvalue weighted by molar-refractivity contribution is 0.901. The summed E-state index contributed by atoms with van der Waals surface area (Å²) >= 11 is 0. The average Bonchev–Trinajstić information content (AvgIpc) is 3.14. The molecule has 0 amide bonds. The van der Waals surface area contributed by atoms with E-state index in [4.69, 9.17) is 0 Å². The van der Waals surface area contributed by atoms with E-state index in [1.165, 1.54) is 28.9 Å². The maximum atomic E-state index is 2.38. The lowest BCUT2D eigenvalue weighted by Crippen LogP contribution is -2.18. The molecule has 0 spiro atoms. The quantitative estimate of drug-likeness (QED) is 0.647. The van der Waals surface area contributed by atoms with Gasteiger partial charge in [-0.05, 0) is 41.5 Å². The molecular weight excluding hydrogens is 206 g/mol. The van der Waals surface area contributed by atoms with Gasteiger partial charge in [0.25, 0.3) is 0 Å². The molecule has 1 nitrogen and oxygen atoms in total. The fourth-order valence-corrected chi connectivity index (χ4v) is 3.04. The van der Waals surface area contributed by atoms with E-state index in [1.54, 1.807) is 0 Å². The molecule has 84 valence electrons. The normalized spacial score (nSPS) is 28.4. The third-order valence-electron chi connectivity index (χ3n) is 4.14. The lowest BCUT2D eigenvalue weighted by Gasteiger charge is -2.24. The van der Waals surface area contributed by atoms with Crippen molar-refractivity contribution in [2.45, 2.75) is 6.42 Å². The Morgan fingerprint density at radius 2 is 2.00 bits per heavy atom. The van der Waals surface area contributed by atoms with Gasteiger partial charge in [-0.1, -0.05) is 36.4 Å². The summed E-state index contributed by atoms with van der Waals surface area (Å²) in [7, 11) is 2.17. The second kappa shape index (κ2) is 3.13. The fraction of sp³-hybridized carbons (Fsp3) is 0.250. The van der Waals surface area contributed by atoms with E-state index in [2.05, 4.69) is 60.5 Å². The van der Waals surface area contributed by atoms with Gasteiger partial charge < -0.3 is 4.90 Å². The van der Waals surface area contributed by atoms with Crippen molar-refractivity contribution in [3.63, 3.8) is 0 Å². The number of benzene rings is 1. The van der Waals surface area contributed by atoms with Crippen molar-refractivity contribution in [1.29, 1.82) is 0 Å². The summed E-state index contributed by atoms with van der Waals surface area (Å²) in [6, 6.07) is 8.61. The molecule has 0 aromatic heterocycles. The van der Waals surface area contributed by atoms with Gasteiger partial charge in [-0.25, -0.2) is 0 Å². The van der Waals surface area contributed by atoms with Crippen LogP contribution in [-0.2, 0) is 0 Å². The summed E-state index contributed by atoms with van der Waals surface area (Å²) in [5, 5.41) is 0. The highest BCUT2D eigenvalue weighted by Crippen LogP contribution is 2.51. The number of allylic oxidation sites excluding steroid dienone is 4. The molecule has 3 aliphatic rings. The van der Waals surface area contributed by atoms with Crippen molar-refractivity contribution in [1.82, 2.24) is 0 Å². The molecule has 1 aromatic rings. The van der Waals surface area contributed by atoms with Crippen LogP contribution in [-0.4, -0.2) is 7.05 Å². The highest BCUT2D eigenvalue weighted by Gasteiger charge is 2.41. The Hall–Kier alpha value is -1.76. The number of para-hydroxylation sites is 1. The molecule has 0 bridgehead atoms. The van der Waals surface area contributed by atoms with Gasteiger partial charge in [0.1, 0.15) is 0 Å². The zero-order chi connectivity index (χ0) is 11.4. The van der Waals surface area contributed by atoms with Crippen LogP contribution in [0.4, 0.5) is 5.69 Å². The van der Waals surface area contributed by atoms with Crippen molar-refractivity contribution in [2.75, 3.05) is 11.9 Å². The Balaban J connectivity index is 1.91. The van der Waals surface area contributed by atoms with Gasteiger partial charge in [0, 0.05) is 18.4 Å². The van der Waals surface area contributed by atoms with E-state index >= 15 is 0 Å². The maximum Gasteiger partial charge on any atom is 0.0481 e. The van der Waals surface area contributed by atoms with E-state index in [9.17, 15) is 0 Å². The minimum atomic E-state index is 0.781. The van der Waals surface area contributed by atoms with Crippen LogP contribution in [0, 0.1) is 11.8 Å². The molecule has 1 aliphatic heterocycles. The van der Waals surface area contributed by atoms with Crippen molar-refractivity contribution in [3.8, 4) is 0 Å². The van der Waals surface area contributed by atoms with Gasteiger partial charge in [-0.3, -0.25) is 0 Å². The van der Waals surface area contributed by atoms with Crippen LogP contribution in [0.15, 0.2) is 53.8 Å². The van der Waals surface area contributed by atoms with E-state index in [1.807, 2.05) is 0 Å². The third-order valence-corrected chi connectivity index (χ3v) is 4.14. The molecule has 0 saturated heterocycles. The number of rotatable bonds is 0. The lowest BCUT2D eigenvalue weighted by atomic mass is 10.0. The van der Waals surface area contributed by atoms with E-state index in [0.717, 1.165) is 11.8 Å². The molecule has 0 radical (unpaired) electrons. The maximum absolute atomic E-state index is 2.38. The predicted molar refractivity (Wildman–Crippen MR) is 71.6 cm³/mol. The first kappa shape index (κ1) is 9.29. The summed E-state index contributed by atoms with van der Waals surface area (Å²) in [6.07, 6.45) is 10.6. The van der Waals surface area contributed by atoms with Gasteiger partial charge in [-0.15, -0.1) is 0 Å². The van der Waals surface area contributed by atoms with Crippen LogP contribution in [0.1, 0.15) is 12.0 Å². The SMILES string of the molecule is CN1C2=C(C=Cc3ccccc31)C1CC1C=C2. The Labute approximate surface area is 102 Å². The molecule has 1 fully saturated rings. The molecule has 4 rings (SSSR count). The minimum absolute atomic E-state index is 0.781. The summed E-state index contributed by atoms with van der Waals surface area (Å²) in [6.45, 7) is 0. The molecule has 2 aliphatic carbocycles. The van der Waals surface area contributed by atoms with Crippen molar-refractivity contribution in [2.24, 2.45) is 11.8 Å². The number of hydrogen-bond acceptors (Lipinski definition) is 1. The molecule has 2 atom stereocenters. The zero-order valence-corrected chi connectivity index (χ0v) is 9.93. The molecule has 1 saturated carbocycles. The highest BCUT2D eigenvalue weighted by atomic mass is 15.1.